The summed E-state index contributed by atoms with van der Waals surface area (Å²) in [5.41, 5.74) is 0. The third-order valence-electron chi connectivity index (χ3n) is 4.05. The standard InChI is InChI=1S/C19H22N2O7S/c1-3-28-18(24)12-21(2)19(25)16(11-17(22)23)20-29(26,27)15-9-8-13-6-4-5-7-14(13)10-15/h4-10,16,20H,3,11-12H2,1-2H3,(H,22,23)/t16-/m0/s1. The minimum atomic E-state index is -4.19. The molecule has 0 unspecified atom stereocenters. The molecule has 0 saturated carbocycles. The number of fused-ring (bicyclic) bond motifs is 1. The Balaban J connectivity index is 2.25. The van der Waals surface area contributed by atoms with Crippen LogP contribution >= 0.6 is 0 Å². The van der Waals surface area contributed by atoms with E-state index in [9.17, 15) is 22.8 Å². The Hall–Kier alpha value is -2.98. The van der Waals surface area contributed by atoms with Crippen LogP contribution in [-0.4, -0.2) is 62.5 Å². The van der Waals surface area contributed by atoms with E-state index in [-0.39, 0.29) is 11.5 Å². The molecule has 0 radical (unpaired) electrons. The van der Waals surface area contributed by atoms with E-state index in [0.717, 1.165) is 10.3 Å². The van der Waals surface area contributed by atoms with E-state index < -0.39 is 46.9 Å². The normalized spacial score (nSPS) is 12.3. The van der Waals surface area contributed by atoms with Gasteiger partial charge >= 0.3 is 11.9 Å². The third-order valence-corrected chi connectivity index (χ3v) is 5.52. The zero-order valence-corrected chi connectivity index (χ0v) is 16.8. The Labute approximate surface area is 168 Å². The molecule has 0 saturated heterocycles. The van der Waals surface area contributed by atoms with Crippen molar-refractivity contribution in [3.63, 3.8) is 0 Å². The van der Waals surface area contributed by atoms with Gasteiger partial charge in [0.2, 0.25) is 15.9 Å². The number of carboxylic acids is 1. The largest absolute Gasteiger partial charge is 0.481 e. The number of esters is 1. The molecule has 1 amide bonds. The fourth-order valence-electron chi connectivity index (χ4n) is 2.69. The molecule has 2 aromatic carbocycles. The summed E-state index contributed by atoms with van der Waals surface area (Å²) in [7, 11) is -2.93. The summed E-state index contributed by atoms with van der Waals surface area (Å²) in [5, 5.41) is 10.6. The van der Waals surface area contributed by atoms with E-state index in [0.29, 0.717) is 5.39 Å². The number of rotatable bonds is 9. The zero-order chi connectivity index (χ0) is 21.6. The van der Waals surface area contributed by atoms with E-state index in [1.807, 2.05) is 12.1 Å². The number of carbonyl (C=O) groups excluding carboxylic acids is 2. The molecule has 2 rings (SSSR count). The molecule has 0 aliphatic carbocycles. The van der Waals surface area contributed by atoms with Crippen molar-refractivity contribution in [2.75, 3.05) is 20.2 Å². The first kappa shape index (κ1) is 22.3. The van der Waals surface area contributed by atoms with Crippen molar-refractivity contribution >= 4 is 38.6 Å². The van der Waals surface area contributed by atoms with Gasteiger partial charge < -0.3 is 14.7 Å². The van der Waals surface area contributed by atoms with Gasteiger partial charge in [-0.2, -0.15) is 4.72 Å². The van der Waals surface area contributed by atoms with E-state index in [1.54, 1.807) is 25.1 Å². The van der Waals surface area contributed by atoms with Crippen LogP contribution < -0.4 is 4.72 Å². The molecule has 0 fully saturated rings. The lowest BCUT2D eigenvalue weighted by Gasteiger charge is -2.23. The molecule has 0 aromatic heterocycles. The van der Waals surface area contributed by atoms with Crippen molar-refractivity contribution in [1.82, 2.24) is 9.62 Å². The number of carbonyl (C=O) groups is 3. The number of likely N-dealkylation sites (N-methyl/N-ethyl adjacent to an activating group) is 1. The van der Waals surface area contributed by atoms with Gasteiger partial charge in [0.05, 0.1) is 17.9 Å². The molecule has 2 N–H and O–H groups in total. The number of sulfonamides is 1. The number of nitrogens with zero attached hydrogens (tertiary/aromatic N) is 1. The van der Waals surface area contributed by atoms with Crippen LogP contribution in [0.4, 0.5) is 0 Å². The average molecular weight is 422 g/mol. The molecule has 2 aromatic rings. The second kappa shape index (κ2) is 9.48. The lowest BCUT2D eigenvalue weighted by atomic mass is 10.1. The average Bonchev–Trinajstić information content (AvgIpc) is 2.66. The fraction of sp³-hybridized carbons (Fsp3) is 0.316. The monoisotopic (exact) mass is 422 g/mol. The van der Waals surface area contributed by atoms with Crippen LogP contribution in [0.2, 0.25) is 0 Å². The first-order valence-electron chi connectivity index (χ1n) is 8.77. The predicted molar refractivity (Wildman–Crippen MR) is 105 cm³/mol. The SMILES string of the molecule is CCOC(=O)CN(C)C(=O)[C@H](CC(=O)O)NS(=O)(=O)c1ccc2ccccc2c1. The molecule has 1 atom stereocenters. The summed E-state index contributed by atoms with van der Waals surface area (Å²) >= 11 is 0. The third kappa shape index (κ3) is 6.00. The van der Waals surface area contributed by atoms with Gasteiger partial charge in [-0.1, -0.05) is 30.3 Å². The van der Waals surface area contributed by atoms with Crippen LogP contribution in [0.1, 0.15) is 13.3 Å². The summed E-state index contributed by atoms with van der Waals surface area (Å²) < 4.78 is 32.4. The second-order valence-electron chi connectivity index (χ2n) is 6.28. The number of hydrogen-bond donors (Lipinski definition) is 2. The van der Waals surface area contributed by atoms with Crippen LogP contribution in [0.3, 0.4) is 0 Å². The Morgan fingerprint density at radius 1 is 1.14 bits per heavy atom. The van der Waals surface area contributed by atoms with Gasteiger partial charge in [0.25, 0.3) is 0 Å². The number of nitrogens with one attached hydrogen (secondary N) is 1. The second-order valence-corrected chi connectivity index (χ2v) is 7.99. The van der Waals surface area contributed by atoms with Crippen LogP contribution in [0.15, 0.2) is 47.4 Å². The van der Waals surface area contributed by atoms with Crippen LogP contribution in [0, 0.1) is 0 Å². The zero-order valence-electron chi connectivity index (χ0n) is 16.0. The quantitative estimate of drug-likeness (QED) is 0.576. The Morgan fingerprint density at radius 2 is 1.79 bits per heavy atom. The van der Waals surface area contributed by atoms with E-state index in [2.05, 4.69) is 4.72 Å². The van der Waals surface area contributed by atoms with Gasteiger partial charge in [0.1, 0.15) is 12.6 Å². The van der Waals surface area contributed by atoms with Gasteiger partial charge in [-0.25, -0.2) is 8.42 Å². The highest BCUT2D eigenvalue weighted by atomic mass is 32.2. The van der Waals surface area contributed by atoms with Crippen molar-refractivity contribution in [2.45, 2.75) is 24.3 Å². The first-order valence-corrected chi connectivity index (χ1v) is 10.3. The molecule has 0 aliphatic rings. The Kier molecular flexibility index (Phi) is 7.29. The molecule has 0 bridgehead atoms. The van der Waals surface area contributed by atoms with Crippen molar-refractivity contribution in [2.24, 2.45) is 0 Å². The number of aliphatic carboxylic acids is 1. The molecule has 0 heterocycles. The van der Waals surface area contributed by atoms with E-state index in [4.69, 9.17) is 9.84 Å². The van der Waals surface area contributed by atoms with Gasteiger partial charge in [0, 0.05) is 7.05 Å². The molecule has 9 nitrogen and oxygen atoms in total. The maximum absolute atomic E-state index is 12.8. The summed E-state index contributed by atoms with van der Waals surface area (Å²) in [6.45, 7) is 1.29. The Bertz CT molecular complexity index is 1020. The number of amides is 1. The number of hydrogen-bond acceptors (Lipinski definition) is 6. The molecular formula is C19H22N2O7S. The molecule has 0 aliphatic heterocycles. The summed E-state index contributed by atoms with van der Waals surface area (Å²) in [5.74, 6) is -2.91. The van der Waals surface area contributed by atoms with E-state index in [1.165, 1.54) is 19.2 Å². The van der Waals surface area contributed by atoms with Crippen LogP contribution in [0.25, 0.3) is 10.8 Å². The maximum Gasteiger partial charge on any atom is 0.325 e. The van der Waals surface area contributed by atoms with Crippen molar-refractivity contribution in [3.05, 3.63) is 42.5 Å². The highest BCUT2D eigenvalue weighted by Gasteiger charge is 2.31. The minimum Gasteiger partial charge on any atom is -0.481 e. The van der Waals surface area contributed by atoms with Gasteiger partial charge in [0.15, 0.2) is 0 Å². The van der Waals surface area contributed by atoms with Crippen LogP contribution in [0.5, 0.6) is 0 Å². The molecule has 29 heavy (non-hydrogen) atoms. The fourth-order valence-corrected chi connectivity index (χ4v) is 3.91. The number of carboxylic acid groups (broad SMARTS) is 1. The Morgan fingerprint density at radius 3 is 2.41 bits per heavy atom. The summed E-state index contributed by atoms with van der Waals surface area (Å²) in [4.78, 5) is 36.1. The van der Waals surface area contributed by atoms with Crippen molar-refractivity contribution < 1.29 is 32.6 Å². The van der Waals surface area contributed by atoms with Crippen LogP contribution in [-0.2, 0) is 29.1 Å². The molecule has 10 heteroatoms. The minimum absolute atomic E-state index is 0.104. The number of benzene rings is 2. The highest BCUT2D eigenvalue weighted by Crippen LogP contribution is 2.19. The van der Waals surface area contributed by atoms with Crippen molar-refractivity contribution in [1.29, 1.82) is 0 Å². The maximum atomic E-state index is 12.8. The molecular weight excluding hydrogens is 400 g/mol. The van der Waals surface area contributed by atoms with Gasteiger partial charge in [-0.15, -0.1) is 0 Å². The highest BCUT2D eigenvalue weighted by molar-refractivity contribution is 7.89. The summed E-state index contributed by atoms with van der Waals surface area (Å²) in [6.07, 6.45) is -0.779. The lowest BCUT2D eigenvalue weighted by Crippen LogP contribution is -2.49. The number of ether oxygens (including phenoxy) is 1. The lowest BCUT2D eigenvalue weighted by molar-refractivity contribution is -0.149. The predicted octanol–water partition coefficient (Wildman–Crippen LogP) is 0.983. The topological polar surface area (TPSA) is 130 Å². The first-order chi connectivity index (χ1) is 13.6. The van der Waals surface area contributed by atoms with Crippen molar-refractivity contribution in [3.8, 4) is 0 Å². The molecule has 156 valence electrons. The smallest absolute Gasteiger partial charge is 0.325 e. The van der Waals surface area contributed by atoms with E-state index >= 15 is 0 Å². The summed E-state index contributed by atoms with van der Waals surface area (Å²) in [6, 6.07) is 9.97. The van der Waals surface area contributed by atoms with Gasteiger partial charge in [-0.05, 0) is 29.8 Å². The van der Waals surface area contributed by atoms with Gasteiger partial charge in [-0.3, -0.25) is 14.4 Å². The molecule has 0 spiro atoms.